The van der Waals surface area contributed by atoms with Crippen molar-refractivity contribution in [1.29, 1.82) is 0 Å². The number of nitrogens with one attached hydrogen (secondary N) is 1. The maximum atomic E-state index is 13.1. The molecule has 0 spiro atoms. The molecule has 1 aromatic heterocycles. The summed E-state index contributed by atoms with van der Waals surface area (Å²) in [6, 6.07) is 15.8. The number of amides is 2. The highest BCUT2D eigenvalue weighted by Crippen LogP contribution is 2.37. The summed E-state index contributed by atoms with van der Waals surface area (Å²) >= 11 is 0. The van der Waals surface area contributed by atoms with Crippen molar-refractivity contribution in [3.8, 4) is 11.5 Å². The van der Waals surface area contributed by atoms with Gasteiger partial charge >= 0.3 is 0 Å². The van der Waals surface area contributed by atoms with Crippen LogP contribution < -0.4 is 14.8 Å². The van der Waals surface area contributed by atoms with E-state index in [4.69, 9.17) is 9.47 Å². The summed E-state index contributed by atoms with van der Waals surface area (Å²) in [6.07, 6.45) is 3.39. The number of aromatic nitrogens is 1. The van der Waals surface area contributed by atoms with Gasteiger partial charge in [-0.1, -0.05) is 30.3 Å². The van der Waals surface area contributed by atoms with Crippen LogP contribution in [0.2, 0.25) is 0 Å². The number of fused-ring (bicyclic) bond motifs is 2. The lowest BCUT2D eigenvalue weighted by atomic mass is 10.0. The van der Waals surface area contributed by atoms with Crippen LogP contribution in [-0.2, 0) is 17.9 Å². The van der Waals surface area contributed by atoms with Gasteiger partial charge in [0.05, 0.1) is 0 Å². The molecule has 2 amide bonds. The summed E-state index contributed by atoms with van der Waals surface area (Å²) in [4.78, 5) is 31.9. The highest BCUT2D eigenvalue weighted by molar-refractivity contribution is 6.04. The number of hydrogen-bond acceptors (Lipinski definition) is 5. The standard InChI is InChI=1S/C23H19N3O4/c27-22(25-12-16-4-3-9-24-11-16)21-17-5-1-2-6-18(17)23(28)26(21)13-15-7-8-19-20(10-15)30-14-29-19/h1-11,21H,12-14H2,(H,25,27)/t21-/m1/s1. The van der Waals surface area contributed by atoms with Gasteiger partial charge in [-0.25, -0.2) is 0 Å². The maximum absolute atomic E-state index is 13.1. The van der Waals surface area contributed by atoms with Gasteiger partial charge in [-0.2, -0.15) is 0 Å². The van der Waals surface area contributed by atoms with Gasteiger partial charge in [-0.05, 0) is 41.0 Å². The average Bonchev–Trinajstić information content (AvgIpc) is 3.36. The fraction of sp³-hybridized carbons (Fsp3) is 0.174. The van der Waals surface area contributed by atoms with Crippen LogP contribution >= 0.6 is 0 Å². The predicted molar refractivity (Wildman–Crippen MR) is 108 cm³/mol. The van der Waals surface area contributed by atoms with E-state index in [0.29, 0.717) is 29.2 Å². The molecule has 5 rings (SSSR count). The summed E-state index contributed by atoms with van der Waals surface area (Å²) in [7, 11) is 0. The van der Waals surface area contributed by atoms with Gasteiger partial charge in [0.1, 0.15) is 6.04 Å². The summed E-state index contributed by atoms with van der Waals surface area (Å²) in [5, 5.41) is 2.94. The van der Waals surface area contributed by atoms with Crippen molar-refractivity contribution >= 4 is 11.8 Å². The Hall–Kier alpha value is -3.87. The molecule has 0 unspecified atom stereocenters. The van der Waals surface area contributed by atoms with Crippen molar-refractivity contribution in [3.63, 3.8) is 0 Å². The summed E-state index contributed by atoms with van der Waals surface area (Å²) in [5.74, 6) is 0.942. The molecule has 0 aliphatic carbocycles. The van der Waals surface area contributed by atoms with Gasteiger partial charge in [0.2, 0.25) is 12.7 Å². The zero-order valence-electron chi connectivity index (χ0n) is 16.1. The minimum absolute atomic E-state index is 0.162. The topological polar surface area (TPSA) is 80.8 Å². The minimum Gasteiger partial charge on any atom is -0.454 e. The van der Waals surface area contributed by atoms with Crippen LogP contribution in [0, 0.1) is 0 Å². The SMILES string of the molecule is O=C(NCc1cccnc1)[C@H]1c2ccccc2C(=O)N1Cc1ccc2c(c1)OCO2. The molecule has 2 aliphatic rings. The molecule has 150 valence electrons. The largest absolute Gasteiger partial charge is 0.454 e. The van der Waals surface area contributed by atoms with E-state index >= 15 is 0 Å². The van der Waals surface area contributed by atoms with E-state index < -0.39 is 6.04 Å². The van der Waals surface area contributed by atoms with E-state index in [-0.39, 0.29) is 25.2 Å². The van der Waals surface area contributed by atoms with E-state index in [9.17, 15) is 9.59 Å². The molecule has 3 heterocycles. The third kappa shape index (κ3) is 3.24. The van der Waals surface area contributed by atoms with E-state index in [1.54, 1.807) is 23.4 Å². The lowest BCUT2D eigenvalue weighted by Gasteiger charge is -2.25. The Morgan fingerprint density at radius 3 is 2.80 bits per heavy atom. The summed E-state index contributed by atoms with van der Waals surface area (Å²) < 4.78 is 10.8. The molecule has 0 saturated heterocycles. The highest BCUT2D eigenvalue weighted by atomic mass is 16.7. The predicted octanol–water partition coefficient (Wildman–Crippen LogP) is 2.82. The molecule has 7 heteroatoms. The number of hydrogen-bond donors (Lipinski definition) is 1. The molecule has 7 nitrogen and oxygen atoms in total. The van der Waals surface area contributed by atoms with Gasteiger partial charge in [-0.3, -0.25) is 14.6 Å². The molecule has 30 heavy (non-hydrogen) atoms. The summed E-state index contributed by atoms with van der Waals surface area (Å²) in [6.45, 7) is 0.818. The molecule has 2 aliphatic heterocycles. The Balaban J connectivity index is 1.41. The van der Waals surface area contributed by atoms with Crippen molar-refractivity contribution in [2.45, 2.75) is 19.1 Å². The molecule has 0 fully saturated rings. The third-order valence-electron chi connectivity index (χ3n) is 5.29. The number of nitrogens with zero attached hydrogens (tertiary/aromatic N) is 2. The number of pyridine rings is 1. The van der Waals surface area contributed by atoms with Crippen LogP contribution in [0.15, 0.2) is 67.0 Å². The smallest absolute Gasteiger partial charge is 0.255 e. The fourth-order valence-corrected chi connectivity index (χ4v) is 3.84. The quantitative estimate of drug-likeness (QED) is 0.711. The second-order valence-corrected chi connectivity index (χ2v) is 7.19. The van der Waals surface area contributed by atoms with E-state index in [1.807, 2.05) is 48.5 Å². The number of ether oxygens (including phenoxy) is 2. The molecule has 0 bridgehead atoms. The van der Waals surface area contributed by atoms with Crippen LogP contribution in [-0.4, -0.2) is 28.5 Å². The van der Waals surface area contributed by atoms with Crippen molar-refractivity contribution < 1.29 is 19.1 Å². The summed E-state index contributed by atoms with van der Waals surface area (Å²) in [5.41, 5.74) is 3.03. The first kappa shape index (κ1) is 18.2. The molecular weight excluding hydrogens is 382 g/mol. The lowest BCUT2D eigenvalue weighted by molar-refractivity contribution is -0.125. The molecule has 2 aromatic carbocycles. The van der Waals surface area contributed by atoms with Crippen LogP contribution in [0.1, 0.15) is 33.1 Å². The van der Waals surface area contributed by atoms with Gasteiger partial charge in [0.15, 0.2) is 11.5 Å². The number of benzene rings is 2. The van der Waals surface area contributed by atoms with Crippen LogP contribution in [0.4, 0.5) is 0 Å². The van der Waals surface area contributed by atoms with E-state index in [0.717, 1.165) is 11.1 Å². The van der Waals surface area contributed by atoms with Crippen LogP contribution in [0.5, 0.6) is 11.5 Å². The Morgan fingerprint density at radius 1 is 1.07 bits per heavy atom. The van der Waals surface area contributed by atoms with Crippen molar-refractivity contribution in [1.82, 2.24) is 15.2 Å². The highest BCUT2D eigenvalue weighted by Gasteiger charge is 2.40. The molecule has 0 radical (unpaired) electrons. The molecule has 1 N–H and O–H groups in total. The number of rotatable bonds is 5. The maximum Gasteiger partial charge on any atom is 0.255 e. The van der Waals surface area contributed by atoms with Gasteiger partial charge in [0.25, 0.3) is 5.91 Å². The zero-order valence-corrected chi connectivity index (χ0v) is 16.1. The molecule has 0 saturated carbocycles. The Labute approximate surface area is 173 Å². The van der Waals surface area contributed by atoms with Gasteiger partial charge < -0.3 is 19.7 Å². The Morgan fingerprint density at radius 2 is 1.93 bits per heavy atom. The Bertz CT molecular complexity index is 1120. The second kappa shape index (κ2) is 7.51. The first-order chi connectivity index (χ1) is 14.7. The molecular formula is C23H19N3O4. The van der Waals surface area contributed by atoms with Crippen LogP contribution in [0.25, 0.3) is 0 Å². The Kier molecular flexibility index (Phi) is 4.55. The van der Waals surface area contributed by atoms with Crippen LogP contribution in [0.3, 0.4) is 0 Å². The third-order valence-corrected chi connectivity index (χ3v) is 5.29. The second-order valence-electron chi connectivity index (χ2n) is 7.19. The van der Waals surface area contributed by atoms with E-state index in [2.05, 4.69) is 10.3 Å². The van der Waals surface area contributed by atoms with Gasteiger partial charge in [0, 0.05) is 31.0 Å². The van der Waals surface area contributed by atoms with Gasteiger partial charge in [-0.15, -0.1) is 0 Å². The monoisotopic (exact) mass is 401 g/mol. The fourth-order valence-electron chi connectivity index (χ4n) is 3.84. The number of carbonyl (C=O) groups excluding carboxylic acids is 2. The average molecular weight is 401 g/mol. The normalized spacial score (nSPS) is 16.5. The van der Waals surface area contributed by atoms with Crippen molar-refractivity contribution in [2.75, 3.05) is 6.79 Å². The minimum atomic E-state index is -0.698. The first-order valence-corrected chi connectivity index (χ1v) is 9.66. The first-order valence-electron chi connectivity index (χ1n) is 9.66. The molecule has 1 atom stereocenters. The van der Waals surface area contributed by atoms with Crippen molar-refractivity contribution in [3.05, 3.63) is 89.2 Å². The lowest BCUT2D eigenvalue weighted by Crippen LogP contribution is -2.38. The zero-order chi connectivity index (χ0) is 20.5. The van der Waals surface area contributed by atoms with E-state index in [1.165, 1.54) is 0 Å². The molecule has 3 aromatic rings. The van der Waals surface area contributed by atoms with Crippen molar-refractivity contribution in [2.24, 2.45) is 0 Å². The number of carbonyl (C=O) groups is 2.